The highest BCUT2D eigenvalue weighted by molar-refractivity contribution is 8.27. The first kappa shape index (κ1) is 21.9. The number of carbonyl (C=O) groups excluding carboxylic acids is 2. The van der Waals surface area contributed by atoms with Crippen molar-refractivity contribution in [2.45, 2.75) is 6.92 Å². The predicted octanol–water partition coefficient (Wildman–Crippen LogP) is 4.10. The summed E-state index contributed by atoms with van der Waals surface area (Å²) in [6, 6.07) is 14.8. The predicted molar refractivity (Wildman–Crippen MR) is 125 cm³/mol. The summed E-state index contributed by atoms with van der Waals surface area (Å²) in [5.41, 5.74) is 2.63. The van der Waals surface area contributed by atoms with E-state index in [0.29, 0.717) is 21.6 Å². The molecule has 0 spiro atoms. The van der Waals surface area contributed by atoms with Crippen LogP contribution in [0.4, 0.5) is 11.4 Å². The van der Waals surface area contributed by atoms with Gasteiger partial charge in [-0.05, 0) is 55.0 Å². The third-order valence-electron chi connectivity index (χ3n) is 4.26. The monoisotopic (exact) mass is 442 g/mol. The number of amides is 1. The maximum absolute atomic E-state index is 12.9. The molecule has 0 radical (unpaired) electrons. The van der Waals surface area contributed by atoms with E-state index >= 15 is 0 Å². The van der Waals surface area contributed by atoms with E-state index in [1.807, 2.05) is 55.4 Å². The molecule has 30 heavy (non-hydrogen) atoms. The highest BCUT2D eigenvalue weighted by atomic mass is 32.2. The number of hydrogen-bond acceptors (Lipinski definition) is 7. The van der Waals surface area contributed by atoms with Crippen molar-refractivity contribution in [3.8, 4) is 5.75 Å². The van der Waals surface area contributed by atoms with Crippen LogP contribution in [-0.4, -0.2) is 43.5 Å². The summed E-state index contributed by atoms with van der Waals surface area (Å²) in [6.07, 6.45) is 1.79. The largest absolute Gasteiger partial charge is 0.482 e. The Labute approximate surface area is 185 Å². The van der Waals surface area contributed by atoms with Crippen molar-refractivity contribution in [1.82, 2.24) is 0 Å². The Balaban J connectivity index is 1.69. The lowest BCUT2D eigenvalue weighted by Gasteiger charge is -2.17. The number of carbonyl (C=O) groups is 2. The first-order valence-corrected chi connectivity index (χ1v) is 10.6. The molecular weight excluding hydrogens is 420 g/mol. The molecule has 1 amide bonds. The second kappa shape index (κ2) is 9.77. The van der Waals surface area contributed by atoms with E-state index in [9.17, 15) is 9.59 Å². The lowest BCUT2D eigenvalue weighted by Crippen LogP contribution is -2.27. The smallest absolute Gasteiger partial charge is 0.344 e. The molecule has 0 aliphatic carbocycles. The van der Waals surface area contributed by atoms with Crippen LogP contribution >= 0.6 is 24.0 Å². The average molecular weight is 443 g/mol. The summed E-state index contributed by atoms with van der Waals surface area (Å²) in [4.78, 5) is 28.4. The minimum absolute atomic E-state index is 0.140. The molecule has 1 heterocycles. The number of thioether (sulfide) groups is 1. The summed E-state index contributed by atoms with van der Waals surface area (Å²) >= 11 is 6.70. The van der Waals surface area contributed by atoms with Gasteiger partial charge in [0.15, 0.2) is 10.9 Å². The van der Waals surface area contributed by atoms with Gasteiger partial charge in [0.25, 0.3) is 5.91 Å². The molecule has 1 aliphatic heterocycles. The van der Waals surface area contributed by atoms with Gasteiger partial charge in [0.05, 0.1) is 17.2 Å². The molecule has 1 aliphatic rings. The van der Waals surface area contributed by atoms with Gasteiger partial charge in [-0.25, -0.2) is 4.79 Å². The summed E-state index contributed by atoms with van der Waals surface area (Å²) < 4.78 is 10.7. The van der Waals surface area contributed by atoms with Gasteiger partial charge in [-0.15, -0.1) is 0 Å². The van der Waals surface area contributed by atoms with E-state index in [1.165, 1.54) is 11.8 Å². The quantitative estimate of drug-likeness (QED) is 0.363. The highest BCUT2D eigenvalue weighted by Gasteiger charge is 2.33. The van der Waals surface area contributed by atoms with Crippen LogP contribution in [0.25, 0.3) is 6.08 Å². The molecular formula is C22H22N2O4S2. The van der Waals surface area contributed by atoms with E-state index in [1.54, 1.807) is 30.0 Å². The molecule has 1 fully saturated rings. The topological polar surface area (TPSA) is 59.1 Å². The standard InChI is InChI=1S/C22H22N2O4S2/c1-4-27-20(25)14-28-18-11-5-15(6-12-18)13-19-21(26)24(22(29)30-19)17-9-7-16(8-10-17)23(2)3/h5-13H,4,14H2,1-3H3/b19-13-. The van der Waals surface area contributed by atoms with Crippen molar-refractivity contribution in [3.63, 3.8) is 0 Å². The fraction of sp³-hybridized carbons (Fsp3) is 0.227. The van der Waals surface area contributed by atoms with Gasteiger partial charge in [-0.3, -0.25) is 9.69 Å². The molecule has 0 bridgehead atoms. The van der Waals surface area contributed by atoms with Crippen molar-refractivity contribution < 1.29 is 19.1 Å². The average Bonchev–Trinajstić information content (AvgIpc) is 3.00. The molecule has 6 nitrogen and oxygen atoms in total. The number of rotatable bonds is 7. The van der Waals surface area contributed by atoms with Crippen molar-refractivity contribution >= 4 is 57.6 Å². The Bertz CT molecular complexity index is 970. The zero-order valence-electron chi connectivity index (χ0n) is 17.0. The van der Waals surface area contributed by atoms with E-state index in [2.05, 4.69) is 0 Å². The van der Waals surface area contributed by atoms with Crippen LogP contribution in [0.15, 0.2) is 53.4 Å². The van der Waals surface area contributed by atoms with Crippen LogP contribution in [0.3, 0.4) is 0 Å². The van der Waals surface area contributed by atoms with Crippen molar-refractivity contribution in [3.05, 3.63) is 59.0 Å². The Kier molecular flexibility index (Phi) is 7.12. The number of ether oxygens (including phenoxy) is 2. The zero-order valence-corrected chi connectivity index (χ0v) is 18.6. The van der Waals surface area contributed by atoms with E-state index in [4.69, 9.17) is 21.7 Å². The first-order chi connectivity index (χ1) is 14.4. The summed E-state index contributed by atoms with van der Waals surface area (Å²) in [7, 11) is 3.93. The van der Waals surface area contributed by atoms with E-state index in [0.717, 1.165) is 16.9 Å². The third-order valence-corrected chi connectivity index (χ3v) is 5.56. The molecule has 2 aromatic rings. The second-order valence-electron chi connectivity index (χ2n) is 6.59. The van der Waals surface area contributed by atoms with E-state index in [-0.39, 0.29) is 12.5 Å². The van der Waals surface area contributed by atoms with Gasteiger partial charge in [0.2, 0.25) is 0 Å². The van der Waals surface area contributed by atoms with Gasteiger partial charge in [0.1, 0.15) is 5.75 Å². The second-order valence-corrected chi connectivity index (χ2v) is 8.27. The van der Waals surface area contributed by atoms with Gasteiger partial charge >= 0.3 is 5.97 Å². The fourth-order valence-electron chi connectivity index (χ4n) is 2.75. The highest BCUT2D eigenvalue weighted by Crippen LogP contribution is 2.36. The fourth-order valence-corrected chi connectivity index (χ4v) is 4.05. The molecule has 0 saturated carbocycles. The lowest BCUT2D eigenvalue weighted by atomic mass is 10.2. The van der Waals surface area contributed by atoms with Crippen LogP contribution < -0.4 is 14.5 Å². The number of thiocarbonyl (C=S) groups is 1. The van der Waals surface area contributed by atoms with Crippen molar-refractivity contribution in [1.29, 1.82) is 0 Å². The molecule has 8 heteroatoms. The molecule has 0 unspecified atom stereocenters. The number of benzene rings is 2. The molecule has 1 saturated heterocycles. The first-order valence-electron chi connectivity index (χ1n) is 9.33. The van der Waals surface area contributed by atoms with Gasteiger partial charge in [0, 0.05) is 19.8 Å². The van der Waals surface area contributed by atoms with Gasteiger partial charge in [-0.2, -0.15) is 0 Å². The lowest BCUT2D eigenvalue weighted by molar-refractivity contribution is -0.145. The third kappa shape index (κ3) is 5.20. The van der Waals surface area contributed by atoms with Crippen LogP contribution in [0.5, 0.6) is 5.75 Å². The van der Waals surface area contributed by atoms with Crippen molar-refractivity contribution in [2.24, 2.45) is 0 Å². The van der Waals surface area contributed by atoms with Gasteiger partial charge < -0.3 is 14.4 Å². The maximum atomic E-state index is 12.9. The zero-order chi connectivity index (χ0) is 21.7. The Morgan fingerprint density at radius 3 is 2.40 bits per heavy atom. The van der Waals surface area contributed by atoms with E-state index < -0.39 is 5.97 Å². The normalized spacial score (nSPS) is 14.9. The minimum Gasteiger partial charge on any atom is -0.482 e. The molecule has 156 valence electrons. The number of esters is 1. The molecule has 2 aromatic carbocycles. The van der Waals surface area contributed by atoms with Crippen molar-refractivity contribution in [2.75, 3.05) is 37.1 Å². The SMILES string of the molecule is CCOC(=O)COc1ccc(/C=C2\SC(=S)N(c3ccc(N(C)C)cc3)C2=O)cc1. The molecule has 0 N–H and O–H groups in total. The molecule has 0 atom stereocenters. The number of nitrogens with zero attached hydrogens (tertiary/aromatic N) is 2. The Morgan fingerprint density at radius 2 is 1.80 bits per heavy atom. The number of anilines is 2. The maximum Gasteiger partial charge on any atom is 0.344 e. The summed E-state index contributed by atoms with van der Waals surface area (Å²) in [5, 5.41) is 0. The van der Waals surface area contributed by atoms with Crippen LogP contribution in [0.1, 0.15) is 12.5 Å². The van der Waals surface area contributed by atoms with Gasteiger partial charge in [-0.1, -0.05) is 36.1 Å². The Hall–Kier alpha value is -2.84. The Morgan fingerprint density at radius 1 is 1.13 bits per heavy atom. The molecule has 0 aromatic heterocycles. The summed E-state index contributed by atoms with van der Waals surface area (Å²) in [5.74, 6) is -0.0113. The van der Waals surface area contributed by atoms with Crippen LogP contribution in [0.2, 0.25) is 0 Å². The summed E-state index contributed by atoms with van der Waals surface area (Å²) in [6.45, 7) is 1.92. The molecule has 3 rings (SSSR count). The van der Waals surface area contributed by atoms with Crippen LogP contribution in [0, 0.1) is 0 Å². The minimum atomic E-state index is -0.413. The van der Waals surface area contributed by atoms with Crippen LogP contribution in [-0.2, 0) is 14.3 Å². The number of hydrogen-bond donors (Lipinski definition) is 0.